The minimum Gasteiger partial charge on any atom is -0.406 e. The van der Waals surface area contributed by atoms with Gasteiger partial charge in [-0.15, -0.1) is 13.2 Å². The summed E-state index contributed by atoms with van der Waals surface area (Å²) in [5.74, 6) is -1.80. The third-order valence-corrected chi connectivity index (χ3v) is 5.83. The van der Waals surface area contributed by atoms with Gasteiger partial charge in [0.05, 0.1) is 18.7 Å². The quantitative estimate of drug-likeness (QED) is 0.474. The van der Waals surface area contributed by atoms with Gasteiger partial charge in [-0.2, -0.15) is 5.26 Å². The molecule has 35 heavy (non-hydrogen) atoms. The number of hydrogen-bond donors (Lipinski definition) is 3. The number of rotatable bonds is 8. The summed E-state index contributed by atoms with van der Waals surface area (Å²) in [5, 5.41) is 23.3. The Hall–Kier alpha value is -3.27. The van der Waals surface area contributed by atoms with Crippen molar-refractivity contribution < 1.29 is 37.0 Å². The number of amides is 4. The van der Waals surface area contributed by atoms with Crippen LogP contribution in [0.1, 0.15) is 31.2 Å². The topological polar surface area (TPSA) is 118 Å². The number of halogens is 4. The molecule has 3 N–H and O–H groups in total. The van der Waals surface area contributed by atoms with E-state index in [4.69, 9.17) is 10.4 Å². The van der Waals surface area contributed by atoms with Crippen molar-refractivity contribution in [3.8, 4) is 11.8 Å². The summed E-state index contributed by atoms with van der Waals surface area (Å²) in [6.45, 7) is 0.185. The molecule has 1 unspecified atom stereocenters. The molecule has 1 aliphatic heterocycles. The van der Waals surface area contributed by atoms with Crippen LogP contribution in [0.2, 0.25) is 0 Å². The summed E-state index contributed by atoms with van der Waals surface area (Å²) in [6.07, 6.45) is -2.70. The molecular formula is C22H27F4N5O4. The van der Waals surface area contributed by atoms with Crippen molar-refractivity contribution in [1.29, 1.82) is 5.26 Å². The number of alkyl halides is 3. The predicted octanol–water partition coefficient (Wildman–Crippen LogP) is 2.70. The number of nitriles is 1. The molecule has 1 aliphatic carbocycles. The Morgan fingerprint density at radius 2 is 1.97 bits per heavy atom. The van der Waals surface area contributed by atoms with Crippen molar-refractivity contribution in [2.24, 2.45) is 5.92 Å². The van der Waals surface area contributed by atoms with Gasteiger partial charge in [-0.1, -0.05) is 6.07 Å². The number of nitrogens with zero attached hydrogens (tertiary/aromatic N) is 3. The molecule has 2 fully saturated rings. The van der Waals surface area contributed by atoms with Gasteiger partial charge in [-0.25, -0.2) is 14.0 Å². The number of aliphatic hydroxyl groups excluding tert-OH is 1. The van der Waals surface area contributed by atoms with Gasteiger partial charge in [0.1, 0.15) is 11.6 Å². The Labute approximate surface area is 199 Å². The molecule has 9 nitrogen and oxygen atoms in total. The summed E-state index contributed by atoms with van der Waals surface area (Å²) < 4.78 is 54.9. The lowest BCUT2D eigenvalue weighted by Crippen LogP contribution is -2.58. The molecule has 4 amide bonds. The molecule has 3 rings (SSSR count). The number of carbonyl (C=O) groups is 2. The Balaban J connectivity index is 1.67. The second kappa shape index (κ2) is 11.4. The maximum absolute atomic E-state index is 14.3. The van der Waals surface area contributed by atoms with E-state index in [0.717, 1.165) is 25.0 Å². The van der Waals surface area contributed by atoms with Crippen LogP contribution in [0.4, 0.5) is 27.2 Å². The highest BCUT2D eigenvalue weighted by atomic mass is 19.4. The second-order valence-corrected chi connectivity index (χ2v) is 8.58. The van der Waals surface area contributed by atoms with Crippen molar-refractivity contribution in [3.63, 3.8) is 0 Å². The zero-order valence-electron chi connectivity index (χ0n) is 18.9. The lowest BCUT2D eigenvalue weighted by atomic mass is 9.91. The molecule has 1 saturated carbocycles. The number of urea groups is 2. The monoisotopic (exact) mass is 501 g/mol. The lowest BCUT2D eigenvalue weighted by molar-refractivity contribution is -0.274. The van der Waals surface area contributed by atoms with Crippen LogP contribution in [0.15, 0.2) is 18.2 Å². The van der Waals surface area contributed by atoms with Crippen LogP contribution in [0.5, 0.6) is 5.75 Å². The number of ether oxygens (including phenoxy) is 1. The highest BCUT2D eigenvalue weighted by Crippen LogP contribution is 2.33. The van der Waals surface area contributed by atoms with E-state index >= 15 is 0 Å². The summed E-state index contributed by atoms with van der Waals surface area (Å²) in [6, 6.07) is 3.46. The van der Waals surface area contributed by atoms with Crippen LogP contribution in [0, 0.1) is 23.1 Å². The van der Waals surface area contributed by atoms with Crippen molar-refractivity contribution in [2.45, 2.75) is 50.7 Å². The van der Waals surface area contributed by atoms with Crippen molar-refractivity contribution >= 4 is 12.1 Å². The van der Waals surface area contributed by atoms with E-state index in [1.807, 2.05) is 0 Å². The maximum atomic E-state index is 14.3. The van der Waals surface area contributed by atoms with Gasteiger partial charge in [-0.05, 0) is 31.2 Å². The van der Waals surface area contributed by atoms with Crippen LogP contribution < -0.4 is 15.4 Å². The highest BCUT2D eigenvalue weighted by molar-refractivity contribution is 5.76. The summed E-state index contributed by atoms with van der Waals surface area (Å²) >= 11 is 0. The van der Waals surface area contributed by atoms with E-state index in [1.54, 1.807) is 4.90 Å². The number of nitrogens with one attached hydrogen (secondary N) is 2. The van der Waals surface area contributed by atoms with Gasteiger partial charge < -0.3 is 30.3 Å². The number of carbonyl (C=O) groups excluding carboxylic acids is 2. The molecule has 0 aromatic heterocycles. The Kier molecular flexibility index (Phi) is 8.61. The number of aliphatic hydroxyl groups is 1. The highest BCUT2D eigenvalue weighted by Gasteiger charge is 2.42. The number of likely N-dealkylation sites (tertiary alicyclic amines) is 1. The Morgan fingerprint density at radius 3 is 2.57 bits per heavy atom. The fourth-order valence-corrected chi connectivity index (χ4v) is 4.21. The molecule has 0 spiro atoms. The van der Waals surface area contributed by atoms with E-state index in [-0.39, 0.29) is 56.2 Å². The van der Waals surface area contributed by atoms with Crippen LogP contribution in [0.25, 0.3) is 0 Å². The van der Waals surface area contributed by atoms with E-state index in [1.165, 1.54) is 4.90 Å². The van der Waals surface area contributed by atoms with Gasteiger partial charge in [0.2, 0.25) is 0 Å². The van der Waals surface area contributed by atoms with Gasteiger partial charge in [0.15, 0.2) is 0 Å². The van der Waals surface area contributed by atoms with Gasteiger partial charge in [0, 0.05) is 50.3 Å². The molecule has 1 aromatic rings. The molecule has 1 aromatic carbocycles. The third kappa shape index (κ3) is 7.61. The standard InChI is InChI=1S/C22H27F4N5O4/c23-19-10-18(35-22(24,25)26)4-1-15(19)11-29-21(34)31(16-2-3-16)17-9-14(5-6-27)12-30(13-17)20(33)28-7-8-32/h1,4,10,14,16-17,32H,2-3,5,7-9,11-13H2,(H,28,33)(H,29,34)/t14?,17-/m1/s1. The van der Waals surface area contributed by atoms with E-state index < -0.39 is 30.0 Å². The summed E-state index contributed by atoms with van der Waals surface area (Å²) in [5.41, 5.74) is -0.0142. The van der Waals surface area contributed by atoms with Crippen LogP contribution in [-0.2, 0) is 6.54 Å². The average Bonchev–Trinajstić information content (AvgIpc) is 3.61. The zero-order chi connectivity index (χ0) is 25.6. The van der Waals surface area contributed by atoms with Crippen molar-refractivity contribution in [3.05, 3.63) is 29.6 Å². The van der Waals surface area contributed by atoms with Crippen LogP contribution >= 0.6 is 0 Å². The van der Waals surface area contributed by atoms with Crippen LogP contribution in [-0.4, -0.2) is 71.7 Å². The number of piperidine rings is 1. The Morgan fingerprint density at radius 1 is 1.23 bits per heavy atom. The van der Waals surface area contributed by atoms with Gasteiger partial charge >= 0.3 is 18.4 Å². The SMILES string of the molecule is N#CCC1C[C@@H](N(C(=O)NCc2ccc(OC(F)(F)F)cc2F)C2CC2)CN(C(=O)NCCO)C1. The Bertz CT molecular complexity index is 951. The van der Waals surface area contributed by atoms with Crippen molar-refractivity contribution in [2.75, 3.05) is 26.2 Å². The maximum Gasteiger partial charge on any atom is 0.573 e. The predicted molar refractivity (Wildman–Crippen MR) is 114 cm³/mol. The zero-order valence-corrected chi connectivity index (χ0v) is 18.9. The molecule has 1 heterocycles. The van der Waals surface area contributed by atoms with Crippen LogP contribution in [0.3, 0.4) is 0 Å². The van der Waals surface area contributed by atoms with Gasteiger partial charge in [-0.3, -0.25) is 0 Å². The molecule has 2 aliphatic rings. The van der Waals surface area contributed by atoms with E-state index in [2.05, 4.69) is 21.4 Å². The second-order valence-electron chi connectivity index (χ2n) is 8.58. The fraction of sp³-hybridized carbons (Fsp3) is 0.591. The smallest absolute Gasteiger partial charge is 0.406 e. The molecule has 0 radical (unpaired) electrons. The third-order valence-electron chi connectivity index (χ3n) is 5.83. The van der Waals surface area contributed by atoms with Gasteiger partial charge in [0.25, 0.3) is 0 Å². The molecule has 2 atom stereocenters. The first kappa shape index (κ1) is 26.3. The molecular weight excluding hydrogens is 474 g/mol. The largest absolute Gasteiger partial charge is 0.573 e. The first-order valence-corrected chi connectivity index (χ1v) is 11.2. The minimum atomic E-state index is -4.95. The molecule has 192 valence electrons. The molecule has 0 bridgehead atoms. The number of benzene rings is 1. The number of hydrogen-bond acceptors (Lipinski definition) is 5. The minimum absolute atomic E-state index is 0.0142. The first-order valence-electron chi connectivity index (χ1n) is 11.2. The molecule has 13 heteroatoms. The van der Waals surface area contributed by atoms with E-state index in [0.29, 0.717) is 19.0 Å². The summed E-state index contributed by atoms with van der Waals surface area (Å²) in [7, 11) is 0. The van der Waals surface area contributed by atoms with Crippen molar-refractivity contribution in [1.82, 2.24) is 20.4 Å². The van der Waals surface area contributed by atoms with E-state index in [9.17, 15) is 27.2 Å². The fourth-order valence-electron chi connectivity index (χ4n) is 4.21. The average molecular weight is 501 g/mol. The first-order chi connectivity index (χ1) is 16.6. The summed E-state index contributed by atoms with van der Waals surface area (Å²) in [4.78, 5) is 28.7. The lowest BCUT2D eigenvalue weighted by Gasteiger charge is -2.42. The molecule has 1 saturated heterocycles. The normalized spacial score (nSPS) is 20.1.